The van der Waals surface area contributed by atoms with Crippen molar-refractivity contribution in [3.8, 4) is 10.8 Å². The van der Waals surface area contributed by atoms with Gasteiger partial charge in [0.05, 0.1) is 16.5 Å². The molecule has 0 radical (unpaired) electrons. The molecule has 0 amide bonds. The molecule has 5 heteroatoms. The van der Waals surface area contributed by atoms with E-state index in [4.69, 9.17) is 4.42 Å². The largest absolute Gasteiger partial charge is 0.444 e. The predicted octanol–water partition coefficient (Wildman–Crippen LogP) is 2.55. The molecule has 16 heavy (non-hydrogen) atoms. The maximum absolute atomic E-state index is 11.7. The molecule has 0 spiro atoms. The van der Waals surface area contributed by atoms with Crippen LogP contribution in [-0.2, 0) is 0 Å². The molecular weight excluding hydrogens is 224 g/mol. The summed E-state index contributed by atoms with van der Waals surface area (Å²) in [5.41, 5.74) is 0.855. The second kappa shape index (κ2) is 3.31. The molecular formula is C11H8N2O2S. The van der Waals surface area contributed by atoms with Gasteiger partial charge in [-0.1, -0.05) is 0 Å². The van der Waals surface area contributed by atoms with E-state index in [-0.39, 0.29) is 5.56 Å². The lowest BCUT2D eigenvalue weighted by molar-refractivity contribution is 0.576. The van der Waals surface area contributed by atoms with Crippen LogP contribution in [0.5, 0.6) is 0 Å². The molecule has 0 aliphatic carbocycles. The molecule has 3 rings (SSSR count). The summed E-state index contributed by atoms with van der Waals surface area (Å²) in [6.07, 6.45) is 4.78. The summed E-state index contributed by atoms with van der Waals surface area (Å²) in [4.78, 5) is 19.4. The molecule has 0 aliphatic heterocycles. The Morgan fingerprint density at radius 1 is 1.50 bits per heavy atom. The highest BCUT2D eigenvalue weighted by molar-refractivity contribution is 7.22. The number of aromatic nitrogens is 2. The van der Waals surface area contributed by atoms with E-state index in [0.717, 1.165) is 20.5 Å². The zero-order chi connectivity index (χ0) is 11.1. The van der Waals surface area contributed by atoms with E-state index in [2.05, 4.69) is 9.97 Å². The van der Waals surface area contributed by atoms with Gasteiger partial charge in [-0.05, 0) is 18.6 Å². The van der Waals surface area contributed by atoms with Gasteiger partial charge in [-0.25, -0.2) is 4.98 Å². The van der Waals surface area contributed by atoms with Crippen LogP contribution in [0, 0.1) is 6.92 Å². The Labute approximate surface area is 94.6 Å². The second-order valence-electron chi connectivity index (χ2n) is 3.44. The Morgan fingerprint density at radius 2 is 2.38 bits per heavy atom. The number of nitrogens with one attached hydrogen (secondary N) is 1. The van der Waals surface area contributed by atoms with Crippen LogP contribution in [0.15, 0.2) is 33.9 Å². The summed E-state index contributed by atoms with van der Waals surface area (Å²) in [7, 11) is 0. The first-order valence-corrected chi connectivity index (χ1v) is 5.59. The van der Waals surface area contributed by atoms with Crippen molar-refractivity contribution in [3.05, 3.63) is 40.6 Å². The summed E-state index contributed by atoms with van der Waals surface area (Å²) in [6, 6.07) is 1.89. The quantitative estimate of drug-likeness (QED) is 0.701. The summed E-state index contributed by atoms with van der Waals surface area (Å²) >= 11 is 1.52. The van der Waals surface area contributed by atoms with E-state index in [1.54, 1.807) is 12.4 Å². The van der Waals surface area contributed by atoms with Crippen LogP contribution in [0.1, 0.15) is 5.56 Å². The minimum absolute atomic E-state index is 0.0657. The SMILES string of the molecule is Cc1c(-c2ncco2)sc2cc[nH]c(=O)c12. The number of hydrogen-bond acceptors (Lipinski definition) is 4. The van der Waals surface area contributed by atoms with Crippen LogP contribution in [0.4, 0.5) is 0 Å². The van der Waals surface area contributed by atoms with Crippen molar-refractivity contribution in [1.82, 2.24) is 9.97 Å². The fourth-order valence-corrected chi connectivity index (χ4v) is 2.89. The molecule has 0 saturated heterocycles. The monoisotopic (exact) mass is 232 g/mol. The average Bonchev–Trinajstić information content (AvgIpc) is 2.86. The number of hydrogen-bond donors (Lipinski definition) is 1. The van der Waals surface area contributed by atoms with E-state index >= 15 is 0 Å². The summed E-state index contributed by atoms with van der Waals surface area (Å²) in [5, 5.41) is 0.723. The summed E-state index contributed by atoms with van der Waals surface area (Å²) in [5.74, 6) is 0.568. The van der Waals surface area contributed by atoms with Crippen LogP contribution in [0.25, 0.3) is 20.9 Å². The number of thiophene rings is 1. The normalized spacial score (nSPS) is 11.1. The predicted molar refractivity (Wildman–Crippen MR) is 62.7 cm³/mol. The van der Waals surface area contributed by atoms with Crippen LogP contribution >= 0.6 is 11.3 Å². The van der Waals surface area contributed by atoms with Gasteiger partial charge < -0.3 is 9.40 Å². The highest BCUT2D eigenvalue weighted by Gasteiger charge is 2.15. The van der Waals surface area contributed by atoms with Crippen molar-refractivity contribution < 1.29 is 4.42 Å². The molecule has 4 nitrogen and oxygen atoms in total. The lowest BCUT2D eigenvalue weighted by atomic mass is 10.2. The lowest BCUT2D eigenvalue weighted by Crippen LogP contribution is -2.03. The van der Waals surface area contributed by atoms with Crippen molar-refractivity contribution in [2.75, 3.05) is 0 Å². The number of fused-ring (bicyclic) bond motifs is 1. The van der Waals surface area contributed by atoms with Gasteiger partial charge in [0.25, 0.3) is 5.56 Å². The van der Waals surface area contributed by atoms with Gasteiger partial charge in [0.15, 0.2) is 0 Å². The number of nitrogens with zero attached hydrogens (tertiary/aromatic N) is 1. The minimum Gasteiger partial charge on any atom is -0.444 e. The van der Waals surface area contributed by atoms with Crippen molar-refractivity contribution in [3.63, 3.8) is 0 Å². The second-order valence-corrected chi connectivity index (χ2v) is 4.49. The number of aryl methyl sites for hydroxylation is 1. The van der Waals surface area contributed by atoms with Gasteiger partial charge in [0, 0.05) is 10.9 Å². The molecule has 0 fully saturated rings. The van der Waals surface area contributed by atoms with E-state index in [0.29, 0.717) is 5.89 Å². The molecule has 0 aromatic carbocycles. The Morgan fingerprint density at radius 3 is 3.06 bits per heavy atom. The molecule has 0 aliphatic rings. The standard InChI is InChI=1S/C11H8N2O2S/c1-6-8-7(2-3-12-10(8)14)16-9(6)11-13-4-5-15-11/h2-5H,1H3,(H,12,14). The number of pyridine rings is 1. The minimum atomic E-state index is -0.0657. The lowest BCUT2D eigenvalue weighted by Gasteiger charge is -1.91. The Kier molecular flexibility index (Phi) is 1.94. The Balaban J connectivity index is 2.41. The van der Waals surface area contributed by atoms with E-state index in [1.165, 1.54) is 17.6 Å². The van der Waals surface area contributed by atoms with Crippen molar-refractivity contribution in [2.45, 2.75) is 6.92 Å². The van der Waals surface area contributed by atoms with Gasteiger partial charge in [-0.2, -0.15) is 0 Å². The van der Waals surface area contributed by atoms with E-state index in [9.17, 15) is 4.79 Å². The van der Waals surface area contributed by atoms with Crippen molar-refractivity contribution in [1.29, 1.82) is 0 Å². The molecule has 1 N–H and O–H groups in total. The van der Waals surface area contributed by atoms with Gasteiger partial charge in [-0.3, -0.25) is 4.79 Å². The zero-order valence-corrected chi connectivity index (χ0v) is 9.30. The Hall–Kier alpha value is -1.88. The molecule has 0 unspecified atom stereocenters. The summed E-state index contributed by atoms with van der Waals surface area (Å²) < 4.78 is 6.21. The number of H-pyrrole nitrogens is 1. The van der Waals surface area contributed by atoms with Crippen LogP contribution in [0.2, 0.25) is 0 Å². The molecule has 3 aromatic heterocycles. The van der Waals surface area contributed by atoms with Gasteiger partial charge in [-0.15, -0.1) is 11.3 Å². The smallest absolute Gasteiger partial charge is 0.256 e. The zero-order valence-electron chi connectivity index (χ0n) is 8.48. The first-order chi connectivity index (χ1) is 7.77. The third-order valence-corrected chi connectivity index (χ3v) is 3.72. The molecule has 0 bridgehead atoms. The molecule has 0 saturated carbocycles. The number of rotatable bonds is 1. The maximum Gasteiger partial charge on any atom is 0.256 e. The van der Waals surface area contributed by atoms with Crippen molar-refractivity contribution >= 4 is 21.4 Å². The van der Waals surface area contributed by atoms with E-state index < -0.39 is 0 Å². The topological polar surface area (TPSA) is 58.9 Å². The van der Waals surface area contributed by atoms with E-state index in [1.807, 2.05) is 13.0 Å². The van der Waals surface area contributed by atoms with Gasteiger partial charge in [0.2, 0.25) is 5.89 Å². The highest BCUT2D eigenvalue weighted by Crippen LogP contribution is 2.35. The third kappa shape index (κ3) is 1.22. The fourth-order valence-electron chi connectivity index (χ4n) is 1.74. The molecule has 0 atom stereocenters. The highest BCUT2D eigenvalue weighted by atomic mass is 32.1. The number of oxazole rings is 1. The average molecular weight is 232 g/mol. The van der Waals surface area contributed by atoms with Crippen LogP contribution < -0.4 is 5.56 Å². The van der Waals surface area contributed by atoms with Gasteiger partial charge in [0.1, 0.15) is 6.26 Å². The van der Waals surface area contributed by atoms with Crippen LogP contribution in [-0.4, -0.2) is 9.97 Å². The first kappa shape index (κ1) is 9.35. The molecule has 3 aromatic rings. The molecule has 80 valence electrons. The Bertz CT molecular complexity index is 694. The van der Waals surface area contributed by atoms with Crippen LogP contribution in [0.3, 0.4) is 0 Å². The first-order valence-electron chi connectivity index (χ1n) is 4.78. The third-order valence-electron chi connectivity index (χ3n) is 2.48. The maximum atomic E-state index is 11.7. The van der Waals surface area contributed by atoms with Crippen molar-refractivity contribution in [2.24, 2.45) is 0 Å². The fraction of sp³-hybridized carbons (Fsp3) is 0.0909. The summed E-state index contributed by atoms with van der Waals surface area (Å²) in [6.45, 7) is 1.91. The molecule has 3 heterocycles. The van der Waals surface area contributed by atoms with Gasteiger partial charge >= 0.3 is 0 Å². The number of aromatic amines is 1.